The van der Waals surface area contributed by atoms with Gasteiger partial charge in [-0.05, 0) is 17.7 Å². The van der Waals surface area contributed by atoms with Crippen molar-refractivity contribution >= 4 is 5.97 Å². The Morgan fingerprint density at radius 3 is 2.67 bits per heavy atom. The minimum Gasteiger partial charge on any atom is -0.469 e. The van der Waals surface area contributed by atoms with Crippen LogP contribution in [0.5, 0.6) is 5.75 Å². The number of methoxy groups -OCH3 is 1. The summed E-state index contributed by atoms with van der Waals surface area (Å²) in [5.41, 5.74) is 6.03. The lowest BCUT2D eigenvalue weighted by molar-refractivity contribution is -0.274. The summed E-state index contributed by atoms with van der Waals surface area (Å²) in [4.78, 5) is 11.0. The largest absolute Gasteiger partial charge is 0.573 e. The summed E-state index contributed by atoms with van der Waals surface area (Å²) in [7, 11) is 1.21. The first-order valence-corrected chi connectivity index (χ1v) is 5.00. The van der Waals surface area contributed by atoms with E-state index >= 15 is 0 Å². The number of esters is 1. The molecule has 0 fully saturated rings. The van der Waals surface area contributed by atoms with E-state index in [-0.39, 0.29) is 12.2 Å². The molecule has 0 aliphatic rings. The molecule has 1 aromatic rings. The van der Waals surface area contributed by atoms with Gasteiger partial charge in [0.15, 0.2) is 0 Å². The number of halogens is 3. The number of hydrogen-bond donors (Lipinski definition) is 1. The topological polar surface area (TPSA) is 61.5 Å². The smallest absolute Gasteiger partial charge is 0.469 e. The van der Waals surface area contributed by atoms with Crippen molar-refractivity contribution in [2.45, 2.75) is 18.8 Å². The van der Waals surface area contributed by atoms with Crippen LogP contribution in [0.2, 0.25) is 0 Å². The Labute approximate surface area is 101 Å². The van der Waals surface area contributed by atoms with Gasteiger partial charge in [-0.1, -0.05) is 12.1 Å². The van der Waals surface area contributed by atoms with Crippen molar-refractivity contribution in [2.24, 2.45) is 5.73 Å². The fourth-order valence-electron chi connectivity index (χ4n) is 1.32. The molecule has 1 unspecified atom stereocenters. The van der Waals surface area contributed by atoms with Crippen LogP contribution in [0.1, 0.15) is 18.0 Å². The van der Waals surface area contributed by atoms with Gasteiger partial charge in [-0.2, -0.15) is 0 Å². The second kappa shape index (κ2) is 5.72. The van der Waals surface area contributed by atoms with Gasteiger partial charge in [0.05, 0.1) is 13.5 Å². The molecule has 4 nitrogen and oxygen atoms in total. The molecule has 0 saturated heterocycles. The van der Waals surface area contributed by atoms with Gasteiger partial charge in [-0.25, -0.2) is 0 Å². The van der Waals surface area contributed by atoms with E-state index < -0.39 is 18.4 Å². The van der Waals surface area contributed by atoms with E-state index in [1.54, 1.807) is 0 Å². The molecule has 1 aromatic carbocycles. The number of ether oxygens (including phenoxy) is 2. The fraction of sp³-hybridized carbons (Fsp3) is 0.364. The van der Waals surface area contributed by atoms with Crippen molar-refractivity contribution in [1.29, 1.82) is 0 Å². The molecule has 0 bridgehead atoms. The third-order valence-corrected chi connectivity index (χ3v) is 2.13. The lowest BCUT2D eigenvalue weighted by atomic mass is 10.0. The Morgan fingerprint density at radius 1 is 1.44 bits per heavy atom. The zero-order valence-electron chi connectivity index (χ0n) is 9.53. The first kappa shape index (κ1) is 14.3. The van der Waals surface area contributed by atoms with Gasteiger partial charge in [0.25, 0.3) is 0 Å². The Bertz CT molecular complexity index is 420. The van der Waals surface area contributed by atoms with Gasteiger partial charge in [0, 0.05) is 6.04 Å². The van der Waals surface area contributed by atoms with Crippen LogP contribution in [0.15, 0.2) is 24.3 Å². The highest BCUT2D eigenvalue weighted by atomic mass is 19.4. The van der Waals surface area contributed by atoms with Crippen LogP contribution in [0.4, 0.5) is 13.2 Å². The van der Waals surface area contributed by atoms with Gasteiger partial charge in [-0.3, -0.25) is 4.79 Å². The van der Waals surface area contributed by atoms with E-state index in [4.69, 9.17) is 5.73 Å². The molecule has 18 heavy (non-hydrogen) atoms. The molecular formula is C11H12F3NO3. The minimum absolute atomic E-state index is 0.119. The van der Waals surface area contributed by atoms with Crippen LogP contribution in [-0.2, 0) is 9.53 Å². The lowest BCUT2D eigenvalue weighted by Gasteiger charge is -2.13. The molecule has 0 saturated carbocycles. The highest BCUT2D eigenvalue weighted by Gasteiger charge is 2.31. The molecule has 0 aliphatic carbocycles. The van der Waals surface area contributed by atoms with Gasteiger partial charge >= 0.3 is 12.3 Å². The monoisotopic (exact) mass is 263 g/mol. The second-order valence-electron chi connectivity index (χ2n) is 3.51. The molecule has 0 radical (unpaired) electrons. The first-order valence-electron chi connectivity index (χ1n) is 5.00. The summed E-state index contributed by atoms with van der Waals surface area (Å²) in [5.74, 6) is -0.912. The summed E-state index contributed by atoms with van der Waals surface area (Å²) in [6.45, 7) is 0. The highest BCUT2D eigenvalue weighted by Crippen LogP contribution is 2.25. The molecule has 1 rings (SSSR count). The van der Waals surface area contributed by atoms with Crippen molar-refractivity contribution in [3.8, 4) is 5.75 Å². The summed E-state index contributed by atoms with van der Waals surface area (Å²) in [6.07, 6.45) is -4.88. The van der Waals surface area contributed by atoms with Gasteiger partial charge in [-0.15, -0.1) is 13.2 Å². The third-order valence-electron chi connectivity index (χ3n) is 2.13. The van der Waals surface area contributed by atoms with E-state index in [1.165, 1.54) is 19.2 Å². The Hall–Kier alpha value is -1.76. The predicted molar refractivity (Wildman–Crippen MR) is 56.7 cm³/mol. The van der Waals surface area contributed by atoms with Crippen LogP contribution in [0.3, 0.4) is 0 Å². The molecule has 0 aliphatic heterocycles. The second-order valence-corrected chi connectivity index (χ2v) is 3.51. The molecule has 0 heterocycles. The molecule has 0 spiro atoms. The SMILES string of the molecule is COC(=O)CC(N)c1cccc(OC(F)(F)F)c1. The summed E-state index contributed by atoms with van der Waals surface area (Å²) in [5, 5.41) is 0. The fourth-order valence-corrected chi connectivity index (χ4v) is 1.32. The minimum atomic E-state index is -4.76. The Kier molecular flexibility index (Phi) is 4.55. The molecule has 0 aromatic heterocycles. The Balaban J connectivity index is 2.78. The summed E-state index contributed by atoms with van der Waals surface area (Å²) >= 11 is 0. The molecule has 7 heteroatoms. The maximum Gasteiger partial charge on any atom is 0.573 e. The lowest BCUT2D eigenvalue weighted by Crippen LogP contribution is -2.19. The van der Waals surface area contributed by atoms with Gasteiger partial charge in [0.2, 0.25) is 0 Å². The van der Waals surface area contributed by atoms with Gasteiger partial charge in [0.1, 0.15) is 5.75 Å². The number of carbonyl (C=O) groups is 1. The van der Waals surface area contributed by atoms with E-state index in [2.05, 4.69) is 9.47 Å². The van der Waals surface area contributed by atoms with Crippen LogP contribution in [0.25, 0.3) is 0 Å². The van der Waals surface area contributed by atoms with Crippen molar-refractivity contribution < 1.29 is 27.4 Å². The maximum atomic E-state index is 12.0. The van der Waals surface area contributed by atoms with Crippen LogP contribution < -0.4 is 10.5 Å². The van der Waals surface area contributed by atoms with E-state index in [0.29, 0.717) is 5.56 Å². The number of alkyl halides is 3. The van der Waals surface area contributed by atoms with Crippen LogP contribution >= 0.6 is 0 Å². The van der Waals surface area contributed by atoms with E-state index in [0.717, 1.165) is 12.1 Å². The van der Waals surface area contributed by atoms with Gasteiger partial charge < -0.3 is 15.2 Å². The van der Waals surface area contributed by atoms with Crippen LogP contribution in [-0.4, -0.2) is 19.4 Å². The normalized spacial score (nSPS) is 12.9. The zero-order chi connectivity index (χ0) is 13.8. The highest BCUT2D eigenvalue weighted by molar-refractivity contribution is 5.70. The predicted octanol–water partition coefficient (Wildman–Crippen LogP) is 2.15. The van der Waals surface area contributed by atoms with Crippen LogP contribution in [0, 0.1) is 0 Å². The maximum absolute atomic E-state index is 12.0. The number of benzene rings is 1. The van der Waals surface area contributed by atoms with E-state index in [1.807, 2.05) is 0 Å². The Morgan fingerprint density at radius 2 is 2.11 bits per heavy atom. The number of nitrogens with two attached hydrogens (primary N) is 1. The molecular weight excluding hydrogens is 251 g/mol. The third kappa shape index (κ3) is 4.62. The molecule has 2 N–H and O–H groups in total. The molecule has 0 amide bonds. The number of rotatable bonds is 4. The average molecular weight is 263 g/mol. The standard InChI is InChI=1S/C11H12F3NO3/c1-17-10(16)6-9(15)7-3-2-4-8(5-7)18-11(12,13)14/h2-5,9H,6,15H2,1H3. The van der Waals surface area contributed by atoms with Crippen molar-refractivity contribution in [3.63, 3.8) is 0 Å². The average Bonchev–Trinajstić information content (AvgIpc) is 2.26. The summed E-state index contributed by atoms with van der Waals surface area (Å²) in [6, 6.07) is 4.43. The van der Waals surface area contributed by atoms with E-state index in [9.17, 15) is 18.0 Å². The number of carbonyl (C=O) groups excluding carboxylic acids is 1. The van der Waals surface area contributed by atoms with Crippen molar-refractivity contribution in [1.82, 2.24) is 0 Å². The number of hydrogen-bond acceptors (Lipinski definition) is 4. The summed E-state index contributed by atoms with van der Waals surface area (Å²) < 4.78 is 44.2. The van der Waals surface area contributed by atoms with Crippen molar-refractivity contribution in [2.75, 3.05) is 7.11 Å². The first-order chi connectivity index (χ1) is 8.31. The van der Waals surface area contributed by atoms with Crippen molar-refractivity contribution in [3.05, 3.63) is 29.8 Å². The zero-order valence-corrected chi connectivity index (χ0v) is 9.53. The molecule has 100 valence electrons. The quantitative estimate of drug-likeness (QED) is 0.845. The molecule has 1 atom stereocenters.